The molecule has 1 unspecified atom stereocenters. The van der Waals surface area contributed by atoms with Crippen molar-refractivity contribution in [2.24, 2.45) is 0 Å². The predicted octanol–water partition coefficient (Wildman–Crippen LogP) is 2.27. The number of pyridine rings is 1. The zero-order valence-corrected chi connectivity index (χ0v) is 14.7. The van der Waals surface area contributed by atoms with E-state index in [2.05, 4.69) is 5.32 Å². The fourth-order valence-corrected chi connectivity index (χ4v) is 2.37. The largest absolute Gasteiger partial charge is 0.444 e. The van der Waals surface area contributed by atoms with Gasteiger partial charge in [0.15, 0.2) is 0 Å². The van der Waals surface area contributed by atoms with E-state index < -0.39 is 17.7 Å². The maximum Gasteiger partial charge on any atom is 0.407 e. The normalized spacial score (nSPS) is 12.5. The summed E-state index contributed by atoms with van der Waals surface area (Å²) in [5.74, 6) is 0. The van der Waals surface area contributed by atoms with Crippen LogP contribution in [0.1, 0.15) is 26.3 Å². The molecule has 134 valence electrons. The summed E-state index contributed by atoms with van der Waals surface area (Å²) >= 11 is 0. The van der Waals surface area contributed by atoms with Gasteiger partial charge in [-0.3, -0.25) is 9.36 Å². The molecule has 0 spiro atoms. The van der Waals surface area contributed by atoms with Crippen LogP contribution in [0, 0.1) is 0 Å². The molecule has 0 radical (unpaired) electrons. The molecule has 0 aliphatic heterocycles. The SMILES string of the molecule is CC(C)(C)OC(=O)NC(CO)Cc1ccn(-c2ccccc2)c(=O)c1. The van der Waals surface area contributed by atoms with Crippen molar-refractivity contribution in [2.45, 2.75) is 38.8 Å². The van der Waals surface area contributed by atoms with Crippen LogP contribution in [-0.2, 0) is 11.2 Å². The first kappa shape index (κ1) is 18.7. The third-order valence-electron chi connectivity index (χ3n) is 3.44. The number of para-hydroxylation sites is 1. The van der Waals surface area contributed by atoms with Gasteiger partial charge in [-0.25, -0.2) is 4.79 Å². The summed E-state index contributed by atoms with van der Waals surface area (Å²) in [6.07, 6.45) is 1.43. The van der Waals surface area contributed by atoms with E-state index in [1.54, 1.807) is 37.6 Å². The number of ether oxygens (including phenoxy) is 1. The van der Waals surface area contributed by atoms with E-state index in [0.717, 1.165) is 11.3 Å². The number of aliphatic hydroxyl groups excluding tert-OH is 1. The van der Waals surface area contributed by atoms with Crippen LogP contribution in [0.5, 0.6) is 0 Å². The molecule has 1 aromatic heterocycles. The summed E-state index contributed by atoms with van der Waals surface area (Å²) in [7, 11) is 0. The summed E-state index contributed by atoms with van der Waals surface area (Å²) in [5.41, 5.74) is 0.731. The zero-order valence-electron chi connectivity index (χ0n) is 14.7. The molecule has 0 bridgehead atoms. The van der Waals surface area contributed by atoms with Gasteiger partial charge in [0.25, 0.3) is 5.56 Å². The molecule has 6 heteroatoms. The molecule has 0 saturated carbocycles. The molecule has 1 atom stereocenters. The number of hydrogen-bond acceptors (Lipinski definition) is 4. The molecule has 1 amide bonds. The van der Waals surface area contributed by atoms with Gasteiger partial charge in [0, 0.05) is 18.0 Å². The summed E-state index contributed by atoms with van der Waals surface area (Å²) in [6, 6.07) is 12.1. The highest BCUT2D eigenvalue weighted by Crippen LogP contribution is 2.09. The molecular formula is C19H24N2O4. The van der Waals surface area contributed by atoms with Gasteiger partial charge < -0.3 is 15.2 Å². The van der Waals surface area contributed by atoms with Crippen molar-refractivity contribution in [3.8, 4) is 5.69 Å². The van der Waals surface area contributed by atoms with Gasteiger partial charge in [0.2, 0.25) is 0 Å². The van der Waals surface area contributed by atoms with Crippen molar-refractivity contribution < 1.29 is 14.6 Å². The van der Waals surface area contributed by atoms with Gasteiger partial charge in [-0.1, -0.05) is 18.2 Å². The Balaban J connectivity index is 2.07. The fraction of sp³-hybridized carbons (Fsp3) is 0.368. The monoisotopic (exact) mass is 344 g/mol. The maximum atomic E-state index is 12.3. The van der Waals surface area contributed by atoms with Crippen LogP contribution >= 0.6 is 0 Å². The number of alkyl carbamates (subject to hydrolysis) is 1. The van der Waals surface area contributed by atoms with Gasteiger partial charge in [0.1, 0.15) is 5.60 Å². The molecule has 0 aliphatic carbocycles. The lowest BCUT2D eigenvalue weighted by Gasteiger charge is -2.22. The second-order valence-corrected chi connectivity index (χ2v) is 6.81. The van der Waals surface area contributed by atoms with Gasteiger partial charge >= 0.3 is 6.09 Å². The topological polar surface area (TPSA) is 80.6 Å². The number of nitrogens with one attached hydrogen (secondary N) is 1. The van der Waals surface area contributed by atoms with E-state index in [0.29, 0.717) is 6.42 Å². The van der Waals surface area contributed by atoms with E-state index in [-0.39, 0.29) is 12.2 Å². The molecule has 2 rings (SSSR count). The van der Waals surface area contributed by atoms with Gasteiger partial charge in [-0.2, -0.15) is 0 Å². The zero-order chi connectivity index (χ0) is 18.4. The maximum absolute atomic E-state index is 12.3. The average molecular weight is 344 g/mol. The lowest BCUT2D eigenvalue weighted by atomic mass is 10.1. The van der Waals surface area contributed by atoms with Crippen LogP contribution in [0.3, 0.4) is 0 Å². The Kier molecular flexibility index (Phi) is 5.98. The van der Waals surface area contributed by atoms with Crippen molar-refractivity contribution in [3.05, 3.63) is 64.6 Å². The van der Waals surface area contributed by atoms with E-state index >= 15 is 0 Å². The predicted molar refractivity (Wildman–Crippen MR) is 96.0 cm³/mol. The van der Waals surface area contributed by atoms with Crippen LogP contribution in [0.15, 0.2) is 53.5 Å². The minimum Gasteiger partial charge on any atom is -0.444 e. The molecule has 0 saturated heterocycles. The molecule has 0 fully saturated rings. The number of nitrogens with zero attached hydrogens (tertiary/aromatic N) is 1. The average Bonchev–Trinajstić information content (AvgIpc) is 2.53. The number of benzene rings is 1. The number of aromatic nitrogens is 1. The smallest absolute Gasteiger partial charge is 0.407 e. The molecule has 2 aromatic rings. The number of aliphatic hydroxyl groups is 1. The standard InChI is InChI=1S/C19H24N2O4/c1-19(2,3)25-18(24)20-15(13-22)11-14-9-10-21(17(23)12-14)16-7-5-4-6-8-16/h4-10,12,15,22H,11,13H2,1-3H3,(H,20,24). The lowest BCUT2D eigenvalue weighted by Crippen LogP contribution is -2.42. The van der Waals surface area contributed by atoms with E-state index in [4.69, 9.17) is 4.74 Å². The van der Waals surface area contributed by atoms with Crippen LogP contribution in [0.4, 0.5) is 4.79 Å². The minimum atomic E-state index is -0.611. The Hall–Kier alpha value is -2.60. The van der Waals surface area contributed by atoms with Crippen molar-refractivity contribution >= 4 is 6.09 Å². The van der Waals surface area contributed by atoms with Crippen LogP contribution < -0.4 is 10.9 Å². The highest BCUT2D eigenvalue weighted by Gasteiger charge is 2.19. The molecule has 6 nitrogen and oxygen atoms in total. The Morgan fingerprint density at radius 3 is 2.48 bits per heavy atom. The molecule has 25 heavy (non-hydrogen) atoms. The second kappa shape index (κ2) is 7.98. The van der Waals surface area contributed by atoms with Crippen molar-refractivity contribution in [1.29, 1.82) is 0 Å². The Labute approximate surface area is 147 Å². The molecule has 1 heterocycles. The third kappa shape index (κ3) is 5.76. The summed E-state index contributed by atoms with van der Waals surface area (Å²) in [6.45, 7) is 5.05. The molecule has 1 aromatic carbocycles. The quantitative estimate of drug-likeness (QED) is 0.872. The van der Waals surface area contributed by atoms with Gasteiger partial charge in [-0.15, -0.1) is 0 Å². The van der Waals surface area contributed by atoms with E-state index in [1.165, 1.54) is 6.07 Å². The highest BCUT2D eigenvalue weighted by molar-refractivity contribution is 5.68. The van der Waals surface area contributed by atoms with E-state index in [1.807, 2.05) is 30.3 Å². The number of amides is 1. The molecule has 0 aliphatic rings. The van der Waals surface area contributed by atoms with Crippen molar-refractivity contribution in [1.82, 2.24) is 9.88 Å². The highest BCUT2D eigenvalue weighted by atomic mass is 16.6. The van der Waals surface area contributed by atoms with Crippen LogP contribution in [0.25, 0.3) is 5.69 Å². The molecular weight excluding hydrogens is 320 g/mol. The first-order valence-electron chi connectivity index (χ1n) is 8.16. The number of carbonyl (C=O) groups excluding carboxylic acids is 1. The van der Waals surface area contributed by atoms with Gasteiger partial charge in [0.05, 0.1) is 12.6 Å². The van der Waals surface area contributed by atoms with Crippen LogP contribution in [-0.4, -0.2) is 34.0 Å². The second-order valence-electron chi connectivity index (χ2n) is 6.81. The first-order valence-corrected chi connectivity index (χ1v) is 8.16. The summed E-state index contributed by atoms with van der Waals surface area (Å²) in [5, 5.41) is 12.1. The third-order valence-corrected chi connectivity index (χ3v) is 3.44. The fourth-order valence-electron chi connectivity index (χ4n) is 2.37. The summed E-state index contributed by atoms with van der Waals surface area (Å²) in [4.78, 5) is 24.1. The Bertz CT molecular complexity index is 763. The Morgan fingerprint density at radius 2 is 1.92 bits per heavy atom. The van der Waals surface area contributed by atoms with Crippen molar-refractivity contribution in [3.63, 3.8) is 0 Å². The lowest BCUT2D eigenvalue weighted by molar-refractivity contribution is 0.0483. The van der Waals surface area contributed by atoms with Crippen molar-refractivity contribution in [2.75, 3.05) is 6.61 Å². The molecule has 2 N–H and O–H groups in total. The van der Waals surface area contributed by atoms with E-state index in [9.17, 15) is 14.7 Å². The number of hydrogen-bond donors (Lipinski definition) is 2. The summed E-state index contributed by atoms with van der Waals surface area (Å²) < 4.78 is 6.72. The minimum absolute atomic E-state index is 0.169. The Morgan fingerprint density at radius 1 is 1.24 bits per heavy atom. The van der Waals surface area contributed by atoms with Crippen LogP contribution in [0.2, 0.25) is 0 Å². The number of carbonyl (C=O) groups is 1. The first-order chi connectivity index (χ1) is 11.8. The van der Waals surface area contributed by atoms with Gasteiger partial charge in [-0.05, 0) is 51.0 Å². The number of rotatable bonds is 5.